The van der Waals surface area contributed by atoms with E-state index in [2.05, 4.69) is 0 Å². The van der Waals surface area contributed by atoms with Gasteiger partial charge in [0.1, 0.15) is 0 Å². The van der Waals surface area contributed by atoms with Crippen molar-refractivity contribution in [2.45, 2.75) is 39.2 Å². The van der Waals surface area contributed by atoms with E-state index >= 15 is 0 Å². The van der Waals surface area contributed by atoms with E-state index in [9.17, 15) is 9.59 Å². The molecule has 1 N–H and O–H groups in total. The van der Waals surface area contributed by atoms with E-state index < -0.39 is 17.4 Å². The van der Waals surface area contributed by atoms with Crippen molar-refractivity contribution in [1.82, 2.24) is 0 Å². The number of ketones is 1. The molecule has 4 nitrogen and oxygen atoms in total. The Morgan fingerprint density at radius 3 is 2.15 bits per heavy atom. The molecule has 13 heavy (non-hydrogen) atoms. The van der Waals surface area contributed by atoms with Crippen molar-refractivity contribution < 1.29 is 19.4 Å². The van der Waals surface area contributed by atoms with Gasteiger partial charge in [-0.2, -0.15) is 0 Å². The molecule has 0 aliphatic heterocycles. The molecule has 0 heterocycles. The quantitative estimate of drug-likeness (QED) is 0.637. The van der Waals surface area contributed by atoms with Gasteiger partial charge >= 0.3 is 5.97 Å². The zero-order chi connectivity index (χ0) is 10.5. The lowest BCUT2D eigenvalue weighted by Crippen LogP contribution is -2.47. The van der Waals surface area contributed by atoms with Crippen molar-refractivity contribution in [3.8, 4) is 0 Å². The highest BCUT2D eigenvalue weighted by Gasteiger charge is 2.42. The molecule has 0 amide bonds. The minimum absolute atomic E-state index is 0.164. The molecule has 0 saturated heterocycles. The molecule has 0 saturated carbocycles. The third kappa shape index (κ3) is 2.52. The van der Waals surface area contributed by atoms with Crippen LogP contribution in [0.3, 0.4) is 0 Å². The minimum atomic E-state index is -1.63. The van der Waals surface area contributed by atoms with Crippen LogP contribution in [0.5, 0.6) is 0 Å². The molecule has 0 radical (unpaired) electrons. The first-order valence-corrected chi connectivity index (χ1v) is 4.39. The molecule has 1 unspecified atom stereocenters. The lowest BCUT2D eigenvalue weighted by molar-refractivity contribution is -0.172. The van der Waals surface area contributed by atoms with E-state index in [-0.39, 0.29) is 6.42 Å². The maximum Gasteiger partial charge on any atom is 0.343 e. The van der Waals surface area contributed by atoms with E-state index in [1.165, 1.54) is 6.92 Å². The largest absolute Gasteiger partial charge is 0.479 e. The predicted molar refractivity (Wildman–Crippen MR) is 47.6 cm³/mol. The van der Waals surface area contributed by atoms with Crippen molar-refractivity contribution >= 4 is 11.8 Å². The monoisotopic (exact) mass is 188 g/mol. The van der Waals surface area contributed by atoms with Crippen molar-refractivity contribution in [3.63, 3.8) is 0 Å². The number of carboxylic acid groups (broad SMARTS) is 1. The van der Waals surface area contributed by atoms with Crippen LogP contribution < -0.4 is 0 Å². The lowest BCUT2D eigenvalue weighted by atomic mass is 9.96. The van der Waals surface area contributed by atoms with Gasteiger partial charge in [0.05, 0.1) is 0 Å². The summed E-state index contributed by atoms with van der Waals surface area (Å²) in [6, 6.07) is 0. The molecule has 0 fully saturated rings. The maximum atomic E-state index is 11.1. The van der Waals surface area contributed by atoms with Crippen LogP contribution in [-0.2, 0) is 14.3 Å². The molecule has 76 valence electrons. The smallest absolute Gasteiger partial charge is 0.343 e. The zero-order valence-corrected chi connectivity index (χ0v) is 8.29. The van der Waals surface area contributed by atoms with Gasteiger partial charge in [0.15, 0.2) is 5.78 Å². The summed E-state index contributed by atoms with van der Waals surface area (Å²) in [6.07, 6.45) is 0.861. The Kier molecular flexibility index (Phi) is 4.62. The van der Waals surface area contributed by atoms with Gasteiger partial charge in [-0.05, 0) is 19.8 Å². The van der Waals surface area contributed by atoms with Crippen LogP contribution in [0.2, 0.25) is 0 Å². The van der Waals surface area contributed by atoms with Crippen LogP contribution in [-0.4, -0.2) is 29.1 Å². The first kappa shape index (κ1) is 12.1. The second-order valence-corrected chi connectivity index (χ2v) is 2.89. The molecule has 0 aliphatic carbocycles. The van der Waals surface area contributed by atoms with Gasteiger partial charge in [-0.1, -0.05) is 13.8 Å². The fourth-order valence-electron chi connectivity index (χ4n) is 1.09. The average Bonchev–Trinajstić information content (AvgIpc) is 2.05. The fourth-order valence-corrected chi connectivity index (χ4v) is 1.09. The fraction of sp³-hybridized carbons (Fsp3) is 0.778. The Morgan fingerprint density at radius 1 is 1.38 bits per heavy atom. The number of carboxylic acids is 1. The summed E-state index contributed by atoms with van der Waals surface area (Å²) in [4.78, 5) is 22.0. The van der Waals surface area contributed by atoms with Crippen LogP contribution in [0.15, 0.2) is 0 Å². The van der Waals surface area contributed by atoms with E-state index in [4.69, 9.17) is 9.84 Å². The van der Waals surface area contributed by atoms with Crippen LogP contribution >= 0.6 is 0 Å². The van der Waals surface area contributed by atoms with Crippen LogP contribution in [0, 0.1) is 0 Å². The number of ether oxygens (including phenoxy) is 1. The van der Waals surface area contributed by atoms with Gasteiger partial charge in [0.2, 0.25) is 5.60 Å². The standard InChI is InChI=1S/C9H16O4/c1-4-6-13-9(5-2,7(3)10)8(11)12/h4-6H2,1-3H3,(H,11,12). The molecule has 0 bridgehead atoms. The molecule has 0 rings (SSSR count). The predicted octanol–water partition coefficient (Wildman–Crippen LogP) is 1.24. The molecular formula is C9H16O4. The molecule has 0 spiro atoms. The second kappa shape index (κ2) is 4.97. The third-order valence-electron chi connectivity index (χ3n) is 1.96. The van der Waals surface area contributed by atoms with Crippen molar-refractivity contribution in [3.05, 3.63) is 0 Å². The number of Topliss-reactive ketones (excluding diaryl/α,β-unsaturated/α-hetero) is 1. The highest BCUT2D eigenvalue weighted by atomic mass is 16.5. The Hall–Kier alpha value is -0.900. The summed E-state index contributed by atoms with van der Waals surface area (Å²) in [5.41, 5.74) is -1.63. The highest BCUT2D eigenvalue weighted by molar-refractivity contribution is 6.05. The number of hydrogen-bond acceptors (Lipinski definition) is 3. The molecule has 4 heteroatoms. The summed E-state index contributed by atoms with van der Waals surface area (Å²) < 4.78 is 5.10. The van der Waals surface area contributed by atoms with Gasteiger partial charge in [-0.3, -0.25) is 4.79 Å². The maximum absolute atomic E-state index is 11.1. The Bertz CT molecular complexity index is 184. The minimum Gasteiger partial charge on any atom is -0.479 e. The molecule has 0 aromatic carbocycles. The number of carbonyl (C=O) groups excluding carboxylic acids is 1. The SMILES string of the molecule is CCCOC(CC)(C(C)=O)C(=O)O. The lowest BCUT2D eigenvalue weighted by Gasteiger charge is -2.25. The normalized spacial score (nSPS) is 15.0. The summed E-state index contributed by atoms with van der Waals surface area (Å²) in [5.74, 6) is -1.65. The van der Waals surface area contributed by atoms with Crippen molar-refractivity contribution in [1.29, 1.82) is 0 Å². The average molecular weight is 188 g/mol. The highest BCUT2D eigenvalue weighted by Crippen LogP contribution is 2.18. The topological polar surface area (TPSA) is 63.6 Å². The number of carbonyl (C=O) groups is 2. The van der Waals surface area contributed by atoms with E-state index in [0.717, 1.165) is 0 Å². The second-order valence-electron chi connectivity index (χ2n) is 2.89. The van der Waals surface area contributed by atoms with Gasteiger partial charge in [0.25, 0.3) is 0 Å². The molecular weight excluding hydrogens is 172 g/mol. The molecule has 1 atom stereocenters. The molecule has 0 aromatic rings. The van der Waals surface area contributed by atoms with E-state index in [1.807, 2.05) is 6.92 Å². The summed E-state index contributed by atoms with van der Waals surface area (Å²) in [6.45, 7) is 5.03. The van der Waals surface area contributed by atoms with Gasteiger partial charge in [-0.15, -0.1) is 0 Å². The van der Waals surface area contributed by atoms with Gasteiger partial charge in [0, 0.05) is 6.61 Å². The first-order chi connectivity index (χ1) is 6.01. The van der Waals surface area contributed by atoms with Crippen molar-refractivity contribution in [2.24, 2.45) is 0 Å². The molecule has 0 aromatic heterocycles. The van der Waals surface area contributed by atoms with E-state index in [0.29, 0.717) is 13.0 Å². The Balaban J connectivity index is 4.66. The summed E-state index contributed by atoms with van der Waals surface area (Å²) in [7, 11) is 0. The molecule has 0 aliphatic rings. The Morgan fingerprint density at radius 2 is 1.92 bits per heavy atom. The van der Waals surface area contributed by atoms with Crippen LogP contribution in [0.4, 0.5) is 0 Å². The zero-order valence-electron chi connectivity index (χ0n) is 8.29. The summed E-state index contributed by atoms with van der Waals surface area (Å²) in [5, 5.41) is 8.87. The number of aliphatic carboxylic acids is 1. The van der Waals surface area contributed by atoms with Crippen LogP contribution in [0.25, 0.3) is 0 Å². The third-order valence-corrected chi connectivity index (χ3v) is 1.96. The van der Waals surface area contributed by atoms with E-state index in [1.54, 1.807) is 6.92 Å². The number of rotatable bonds is 6. The van der Waals surface area contributed by atoms with Gasteiger partial charge < -0.3 is 9.84 Å². The summed E-state index contributed by atoms with van der Waals surface area (Å²) >= 11 is 0. The van der Waals surface area contributed by atoms with Gasteiger partial charge in [-0.25, -0.2) is 4.79 Å². The number of hydrogen-bond donors (Lipinski definition) is 1. The van der Waals surface area contributed by atoms with Crippen LogP contribution in [0.1, 0.15) is 33.6 Å². The Labute approximate surface area is 77.9 Å². The first-order valence-electron chi connectivity index (χ1n) is 4.39. The van der Waals surface area contributed by atoms with Crippen molar-refractivity contribution in [2.75, 3.05) is 6.61 Å².